The third-order valence-corrected chi connectivity index (χ3v) is 4.14. The second-order valence-corrected chi connectivity index (χ2v) is 6.44. The normalized spacial score (nSPS) is 18.3. The van der Waals surface area contributed by atoms with Crippen molar-refractivity contribution < 1.29 is 4.79 Å². The molecule has 1 amide bonds. The van der Waals surface area contributed by atoms with E-state index in [2.05, 4.69) is 37.7 Å². The number of nitrogens with zero attached hydrogens (tertiary/aromatic N) is 2. The molecule has 1 aliphatic rings. The maximum atomic E-state index is 12.5. The molecule has 1 rings (SSSR count). The second-order valence-electron chi connectivity index (χ2n) is 6.44. The Morgan fingerprint density at radius 2 is 1.79 bits per heavy atom. The lowest BCUT2D eigenvalue weighted by Crippen LogP contribution is -2.45. The molecule has 0 radical (unpaired) electrons. The van der Waals surface area contributed by atoms with Crippen molar-refractivity contribution in [2.75, 3.05) is 27.2 Å². The molecule has 1 atom stereocenters. The van der Waals surface area contributed by atoms with E-state index in [1.165, 1.54) is 12.8 Å². The number of rotatable bonds is 7. The van der Waals surface area contributed by atoms with E-state index in [0.29, 0.717) is 18.4 Å². The monoisotopic (exact) mass is 269 g/mol. The van der Waals surface area contributed by atoms with Gasteiger partial charge in [0.25, 0.3) is 0 Å². The largest absolute Gasteiger partial charge is 0.338 e. The Kier molecular flexibility index (Phi) is 6.80. The Hall–Kier alpha value is -0.610. The molecule has 2 N–H and O–H groups in total. The first-order chi connectivity index (χ1) is 8.91. The van der Waals surface area contributed by atoms with Crippen LogP contribution in [0.15, 0.2) is 0 Å². The van der Waals surface area contributed by atoms with E-state index in [9.17, 15) is 4.79 Å². The fraction of sp³-hybridized carbons (Fsp3) is 0.933. The summed E-state index contributed by atoms with van der Waals surface area (Å²) in [4.78, 5) is 16.7. The highest BCUT2D eigenvalue weighted by molar-refractivity contribution is 5.77. The Labute approximate surface area is 118 Å². The first kappa shape index (κ1) is 16.4. The molecular formula is C15H31N3O. The standard InChI is InChI=1S/C15H31N3O/c1-12(2)14(16)11-15(19)18(10-9-17(3)4)13-7-5-6-8-13/h12-14H,5-11,16H2,1-4H3. The first-order valence-corrected chi connectivity index (χ1v) is 7.61. The molecule has 19 heavy (non-hydrogen) atoms. The molecule has 1 saturated carbocycles. The lowest BCUT2D eigenvalue weighted by atomic mass is 10.0. The minimum absolute atomic E-state index is 0.0178. The number of hydrogen-bond donors (Lipinski definition) is 1. The van der Waals surface area contributed by atoms with Crippen LogP contribution in [0, 0.1) is 5.92 Å². The number of hydrogen-bond acceptors (Lipinski definition) is 3. The van der Waals surface area contributed by atoms with Gasteiger partial charge in [-0.1, -0.05) is 26.7 Å². The molecule has 1 unspecified atom stereocenters. The Morgan fingerprint density at radius 3 is 2.26 bits per heavy atom. The summed E-state index contributed by atoms with van der Waals surface area (Å²) < 4.78 is 0. The molecule has 0 heterocycles. The van der Waals surface area contributed by atoms with Crippen molar-refractivity contribution in [2.24, 2.45) is 11.7 Å². The van der Waals surface area contributed by atoms with Crippen molar-refractivity contribution in [3.63, 3.8) is 0 Å². The van der Waals surface area contributed by atoms with Crippen molar-refractivity contribution in [3.05, 3.63) is 0 Å². The van der Waals surface area contributed by atoms with Gasteiger partial charge in [-0.25, -0.2) is 0 Å². The van der Waals surface area contributed by atoms with Crippen molar-refractivity contribution in [1.29, 1.82) is 0 Å². The Morgan fingerprint density at radius 1 is 1.21 bits per heavy atom. The highest BCUT2D eigenvalue weighted by Crippen LogP contribution is 2.24. The van der Waals surface area contributed by atoms with Gasteiger partial charge in [-0.05, 0) is 32.9 Å². The predicted molar refractivity (Wildman–Crippen MR) is 80.0 cm³/mol. The fourth-order valence-electron chi connectivity index (χ4n) is 2.59. The molecule has 0 aromatic heterocycles. The highest BCUT2D eigenvalue weighted by Gasteiger charge is 2.27. The van der Waals surface area contributed by atoms with Crippen LogP contribution < -0.4 is 5.73 Å². The molecule has 0 aromatic carbocycles. The predicted octanol–water partition coefficient (Wildman–Crippen LogP) is 1.69. The van der Waals surface area contributed by atoms with Gasteiger partial charge in [0.2, 0.25) is 5.91 Å². The molecular weight excluding hydrogens is 238 g/mol. The zero-order chi connectivity index (χ0) is 14.4. The van der Waals surface area contributed by atoms with Gasteiger partial charge >= 0.3 is 0 Å². The second kappa shape index (κ2) is 7.85. The van der Waals surface area contributed by atoms with Gasteiger partial charge in [-0.15, -0.1) is 0 Å². The van der Waals surface area contributed by atoms with Gasteiger partial charge in [0.1, 0.15) is 0 Å². The summed E-state index contributed by atoms with van der Waals surface area (Å²) in [5, 5.41) is 0. The van der Waals surface area contributed by atoms with E-state index in [1.807, 2.05) is 0 Å². The first-order valence-electron chi connectivity index (χ1n) is 7.61. The lowest BCUT2D eigenvalue weighted by Gasteiger charge is -2.31. The lowest BCUT2D eigenvalue weighted by molar-refractivity contribution is -0.134. The third-order valence-electron chi connectivity index (χ3n) is 4.14. The topological polar surface area (TPSA) is 49.6 Å². The molecule has 0 bridgehead atoms. The van der Waals surface area contributed by atoms with Crippen molar-refractivity contribution in [2.45, 2.75) is 58.0 Å². The van der Waals surface area contributed by atoms with Gasteiger partial charge in [0.15, 0.2) is 0 Å². The number of carbonyl (C=O) groups excluding carboxylic acids is 1. The van der Waals surface area contributed by atoms with Gasteiger partial charge in [-0.3, -0.25) is 4.79 Å². The molecule has 1 aliphatic carbocycles. The van der Waals surface area contributed by atoms with Crippen LogP contribution in [0.2, 0.25) is 0 Å². The molecule has 112 valence electrons. The van der Waals surface area contributed by atoms with Crippen LogP contribution in [0.5, 0.6) is 0 Å². The third kappa shape index (κ3) is 5.49. The molecule has 0 saturated heterocycles. The van der Waals surface area contributed by atoms with Crippen LogP contribution in [0.25, 0.3) is 0 Å². The van der Waals surface area contributed by atoms with Crippen molar-refractivity contribution >= 4 is 5.91 Å². The smallest absolute Gasteiger partial charge is 0.224 e. The molecule has 1 fully saturated rings. The van der Waals surface area contributed by atoms with Crippen LogP contribution >= 0.6 is 0 Å². The Balaban J connectivity index is 2.58. The number of amides is 1. The summed E-state index contributed by atoms with van der Waals surface area (Å²) in [6.07, 6.45) is 5.33. The average molecular weight is 269 g/mol. The van der Waals surface area contributed by atoms with Crippen molar-refractivity contribution in [3.8, 4) is 0 Å². The number of nitrogens with two attached hydrogens (primary N) is 1. The fourth-order valence-corrected chi connectivity index (χ4v) is 2.59. The summed E-state index contributed by atoms with van der Waals surface area (Å²) in [5.74, 6) is 0.609. The summed E-state index contributed by atoms with van der Waals surface area (Å²) in [5.41, 5.74) is 6.05. The van der Waals surface area contributed by atoms with E-state index >= 15 is 0 Å². The summed E-state index contributed by atoms with van der Waals surface area (Å²) in [6.45, 7) is 5.93. The molecule has 0 aliphatic heterocycles. The number of carbonyl (C=O) groups is 1. The van der Waals surface area contributed by atoms with Crippen LogP contribution in [0.3, 0.4) is 0 Å². The van der Waals surface area contributed by atoms with Gasteiger partial charge in [0.05, 0.1) is 0 Å². The van der Waals surface area contributed by atoms with E-state index in [0.717, 1.165) is 25.9 Å². The van der Waals surface area contributed by atoms with Gasteiger partial charge in [-0.2, -0.15) is 0 Å². The van der Waals surface area contributed by atoms with Gasteiger partial charge < -0.3 is 15.5 Å². The SMILES string of the molecule is CC(C)C(N)CC(=O)N(CCN(C)C)C1CCCC1. The van der Waals surface area contributed by atoms with Crippen LogP contribution in [-0.2, 0) is 4.79 Å². The minimum atomic E-state index is -0.0178. The quantitative estimate of drug-likeness (QED) is 0.765. The number of likely N-dealkylation sites (N-methyl/N-ethyl adjacent to an activating group) is 1. The van der Waals surface area contributed by atoms with E-state index in [4.69, 9.17) is 5.73 Å². The summed E-state index contributed by atoms with van der Waals surface area (Å²) >= 11 is 0. The maximum Gasteiger partial charge on any atom is 0.224 e. The molecule has 0 aromatic rings. The highest BCUT2D eigenvalue weighted by atomic mass is 16.2. The van der Waals surface area contributed by atoms with Crippen LogP contribution in [0.4, 0.5) is 0 Å². The van der Waals surface area contributed by atoms with E-state index < -0.39 is 0 Å². The average Bonchev–Trinajstić information content (AvgIpc) is 2.82. The molecule has 4 heteroatoms. The molecule has 4 nitrogen and oxygen atoms in total. The van der Waals surface area contributed by atoms with Crippen LogP contribution in [-0.4, -0.2) is 55.0 Å². The van der Waals surface area contributed by atoms with Crippen molar-refractivity contribution in [1.82, 2.24) is 9.80 Å². The summed E-state index contributed by atoms with van der Waals surface area (Å²) in [7, 11) is 4.11. The zero-order valence-electron chi connectivity index (χ0n) is 13.1. The summed E-state index contributed by atoms with van der Waals surface area (Å²) in [6, 6.07) is 0.433. The van der Waals surface area contributed by atoms with Crippen LogP contribution in [0.1, 0.15) is 46.0 Å². The maximum absolute atomic E-state index is 12.5. The zero-order valence-corrected chi connectivity index (χ0v) is 13.1. The van der Waals surface area contributed by atoms with Gasteiger partial charge in [0, 0.05) is 31.6 Å². The van der Waals surface area contributed by atoms with E-state index in [-0.39, 0.29) is 11.9 Å². The van der Waals surface area contributed by atoms with E-state index in [1.54, 1.807) is 0 Å². The minimum Gasteiger partial charge on any atom is -0.338 e. The molecule has 0 spiro atoms. The Bertz CT molecular complexity index is 273.